The maximum absolute atomic E-state index is 11.2. The predicted molar refractivity (Wildman–Crippen MR) is 63.8 cm³/mol. The summed E-state index contributed by atoms with van der Waals surface area (Å²) in [6, 6.07) is 7.70. The van der Waals surface area contributed by atoms with E-state index < -0.39 is 0 Å². The van der Waals surface area contributed by atoms with E-state index in [1.54, 1.807) is 0 Å². The lowest BCUT2D eigenvalue weighted by atomic mass is 10.2. The molecule has 0 saturated heterocycles. The minimum absolute atomic E-state index is 0.389. The highest BCUT2D eigenvalue weighted by Gasteiger charge is 2.13. The Kier molecular flexibility index (Phi) is 2.52. The van der Waals surface area contributed by atoms with Gasteiger partial charge in [0.1, 0.15) is 5.69 Å². The number of aryl methyl sites for hydroxylation is 1. The molecule has 1 amide bonds. The Hall–Kier alpha value is -1.29. The average molecular weight is 267 g/mol. The first kappa shape index (κ1) is 10.2. The zero-order valence-electron chi connectivity index (χ0n) is 8.33. The number of para-hydroxylation sites is 1. The molecular formula is C11H11BrN2O. The van der Waals surface area contributed by atoms with Crippen molar-refractivity contribution < 1.29 is 4.79 Å². The third kappa shape index (κ3) is 1.55. The summed E-state index contributed by atoms with van der Waals surface area (Å²) in [5.74, 6) is -0.389. The molecule has 0 radical (unpaired) electrons. The number of rotatable bonds is 2. The van der Waals surface area contributed by atoms with Gasteiger partial charge in [-0.1, -0.05) is 12.1 Å². The van der Waals surface area contributed by atoms with Gasteiger partial charge in [-0.15, -0.1) is 0 Å². The molecule has 2 aromatic rings. The van der Waals surface area contributed by atoms with Crippen LogP contribution in [0.3, 0.4) is 0 Å². The number of hydrogen-bond donors (Lipinski definition) is 1. The molecule has 4 heteroatoms. The van der Waals surface area contributed by atoms with Crippen LogP contribution in [0.15, 0.2) is 28.7 Å². The van der Waals surface area contributed by atoms with E-state index in [0.717, 1.165) is 21.9 Å². The Balaban J connectivity index is 2.86. The van der Waals surface area contributed by atoms with Crippen LogP contribution >= 0.6 is 15.9 Å². The first-order chi connectivity index (χ1) is 7.15. The van der Waals surface area contributed by atoms with Crippen molar-refractivity contribution in [2.24, 2.45) is 5.73 Å². The number of nitrogens with two attached hydrogens (primary N) is 1. The molecule has 15 heavy (non-hydrogen) atoms. The predicted octanol–water partition coefficient (Wildman–Crippen LogP) is 2.52. The normalized spacial score (nSPS) is 10.8. The topological polar surface area (TPSA) is 48.0 Å². The molecule has 1 aromatic carbocycles. The van der Waals surface area contributed by atoms with Crippen molar-refractivity contribution in [3.63, 3.8) is 0 Å². The van der Waals surface area contributed by atoms with Crippen LogP contribution < -0.4 is 5.73 Å². The van der Waals surface area contributed by atoms with Crippen LogP contribution in [0.5, 0.6) is 0 Å². The minimum atomic E-state index is -0.389. The van der Waals surface area contributed by atoms with E-state index in [4.69, 9.17) is 5.73 Å². The highest BCUT2D eigenvalue weighted by atomic mass is 79.9. The van der Waals surface area contributed by atoms with Crippen LogP contribution in [-0.4, -0.2) is 10.5 Å². The van der Waals surface area contributed by atoms with Gasteiger partial charge < -0.3 is 10.3 Å². The van der Waals surface area contributed by atoms with Gasteiger partial charge in [0, 0.05) is 16.4 Å². The monoisotopic (exact) mass is 266 g/mol. The largest absolute Gasteiger partial charge is 0.364 e. The molecule has 78 valence electrons. The first-order valence-corrected chi connectivity index (χ1v) is 5.52. The van der Waals surface area contributed by atoms with Crippen molar-refractivity contribution in [2.75, 3.05) is 0 Å². The fourth-order valence-electron chi connectivity index (χ4n) is 1.81. The zero-order chi connectivity index (χ0) is 11.0. The van der Waals surface area contributed by atoms with Crippen LogP contribution in [0.25, 0.3) is 10.9 Å². The van der Waals surface area contributed by atoms with E-state index in [1.807, 2.05) is 35.8 Å². The van der Waals surface area contributed by atoms with Crippen LogP contribution in [0.1, 0.15) is 17.4 Å². The summed E-state index contributed by atoms with van der Waals surface area (Å²) in [7, 11) is 0. The summed E-state index contributed by atoms with van der Waals surface area (Å²) < 4.78 is 2.90. The molecule has 0 saturated carbocycles. The van der Waals surface area contributed by atoms with Gasteiger partial charge in [-0.3, -0.25) is 4.79 Å². The van der Waals surface area contributed by atoms with Gasteiger partial charge >= 0.3 is 0 Å². The van der Waals surface area contributed by atoms with Crippen LogP contribution in [0, 0.1) is 0 Å². The molecule has 0 fully saturated rings. The molecule has 0 aliphatic carbocycles. The zero-order valence-corrected chi connectivity index (χ0v) is 9.91. The molecule has 0 atom stereocenters. The number of primary amides is 1. The van der Waals surface area contributed by atoms with E-state index in [2.05, 4.69) is 15.9 Å². The maximum Gasteiger partial charge on any atom is 0.265 e. The van der Waals surface area contributed by atoms with Gasteiger partial charge in [0.2, 0.25) is 0 Å². The van der Waals surface area contributed by atoms with E-state index in [9.17, 15) is 4.79 Å². The Morgan fingerprint density at radius 3 is 2.87 bits per heavy atom. The van der Waals surface area contributed by atoms with Gasteiger partial charge in [-0.25, -0.2) is 0 Å². The van der Waals surface area contributed by atoms with Gasteiger partial charge in [-0.05, 0) is 35.0 Å². The lowest BCUT2D eigenvalue weighted by molar-refractivity contribution is 0.0992. The molecule has 0 bridgehead atoms. The third-order valence-corrected chi connectivity index (χ3v) is 3.08. The van der Waals surface area contributed by atoms with Crippen LogP contribution in [0.4, 0.5) is 0 Å². The van der Waals surface area contributed by atoms with Crippen LogP contribution in [0.2, 0.25) is 0 Å². The third-order valence-electron chi connectivity index (χ3n) is 2.44. The Morgan fingerprint density at radius 2 is 2.27 bits per heavy atom. The van der Waals surface area contributed by atoms with Gasteiger partial charge in [0.15, 0.2) is 0 Å². The van der Waals surface area contributed by atoms with Gasteiger partial charge in [0.25, 0.3) is 5.91 Å². The number of carbonyl (C=O) groups excluding carboxylic acids is 1. The van der Waals surface area contributed by atoms with E-state index >= 15 is 0 Å². The van der Waals surface area contributed by atoms with Crippen molar-refractivity contribution in [1.29, 1.82) is 0 Å². The van der Waals surface area contributed by atoms with Crippen molar-refractivity contribution in [3.8, 4) is 0 Å². The Morgan fingerprint density at radius 1 is 1.53 bits per heavy atom. The second-order valence-corrected chi connectivity index (χ2v) is 4.17. The number of halogens is 1. The molecular weight excluding hydrogens is 256 g/mol. The summed E-state index contributed by atoms with van der Waals surface area (Å²) >= 11 is 3.48. The molecule has 2 N–H and O–H groups in total. The number of carbonyl (C=O) groups is 1. The fraction of sp³-hybridized carbons (Fsp3) is 0.182. The first-order valence-electron chi connectivity index (χ1n) is 4.72. The number of nitrogens with zero attached hydrogens (tertiary/aromatic N) is 1. The molecule has 0 aliphatic rings. The SMILES string of the molecule is CCn1c(C(N)=O)cc2cccc(Br)c21. The van der Waals surface area contributed by atoms with E-state index in [0.29, 0.717) is 5.69 Å². The number of hydrogen-bond acceptors (Lipinski definition) is 1. The Bertz CT molecular complexity index is 531. The number of benzene rings is 1. The average Bonchev–Trinajstić information content (AvgIpc) is 2.57. The quantitative estimate of drug-likeness (QED) is 0.892. The molecule has 0 spiro atoms. The summed E-state index contributed by atoms with van der Waals surface area (Å²) in [4.78, 5) is 11.2. The summed E-state index contributed by atoms with van der Waals surface area (Å²) in [5, 5.41) is 1.03. The van der Waals surface area contributed by atoms with Crippen molar-refractivity contribution >= 4 is 32.7 Å². The summed E-state index contributed by atoms with van der Waals surface area (Å²) in [6.07, 6.45) is 0. The molecule has 1 heterocycles. The Labute approximate surface area is 96.0 Å². The van der Waals surface area contributed by atoms with Gasteiger partial charge in [0.05, 0.1) is 5.52 Å². The van der Waals surface area contributed by atoms with Gasteiger partial charge in [-0.2, -0.15) is 0 Å². The highest BCUT2D eigenvalue weighted by Crippen LogP contribution is 2.27. The van der Waals surface area contributed by atoms with Crippen LogP contribution in [-0.2, 0) is 6.54 Å². The molecule has 3 nitrogen and oxygen atoms in total. The second kappa shape index (κ2) is 3.70. The molecule has 1 aromatic heterocycles. The number of amides is 1. The van der Waals surface area contributed by atoms with Crippen molar-refractivity contribution in [1.82, 2.24) is 4.57 Å². The molecule has 2 rings (SSSR count). The highest BCUT2D eigenvalue weighted by molar-refractivity contribution is 9.10. The van der Waals surface area contributed by atoms with E-state index in [1.165, 1.54) is 0 Å². The van der Waals surface area contributed by atoms with Crippen molar-refractivity contribution in [2.45, 2.75) is 13.5 Å². The van der Waals surface area contributed by atoms with E-state index in [-0.39, 0.29) is 5.91 Å². The summed E-state index contributed by atoms with van der Waals surface area (Å²) in [5.41, 5.74) is 6.91. The summed E-state index contributed by atoms with van der Waals surface area (Å²) in [6.45, 7) is 2.72. The lowest BCUT2D eigenvalue weighted by Gasteiger charge is -2.05. The smallest absolute Gasteiger partial charge is 0.265 e. The molecule has 0 unspecified atom stereocenters. The van der Waals surface area contributed by atoms with Crippen molar-refractivity contribution in [3.05, 3.63) is 34.4 Å². The fourth-order valence-corrected chi connectivity index (χ4v) is 2.41. The molecule has 0 aliphatic heterocycles. The number of aromatic nitrogens is 1. The minimum Gasteiger partial charge on any atom is -0.364 e. The lowest BCUT2D eigenvalue weighted by Crippen LogP contribution is -2.16. The number of fused-ring (bicyclic) bond motifs is 1. The maximum atomic E-state index is 11.2. The second-order valence-electron chi connectivity index (χ2n) is 3.32. The standard InChI is InChI=1S/C11H11BrN2O/c1-2-14-9(11(13)15)6-7-4-3-5-8(12)10(7)14/h3-6H,2H2,1H3,(H2,13,15).